The molecule has 0 atom stereocenters. The standard InChI is InChI=1S/C16H30/c1-16(13-9-6-10-14-16)15-11-7-4-2-3-5-8-12-15/h15H,2-14H2,1H3. The van der Waals surface area contributed by atoms with Crippen molar-refractivity contribution in [2.45, 2.75) is 90.4 Å². The minimum absolute atomic E-state index is 0.725. The highest BCUT2D eigenvalue weighted by Crippen LogP contribution is 2.46. The van der Waals surface area contributed by atoms with Crippen LogP contribution in [0.3, 0.4) is 0 Å². The van der Waals surface area contributed by atoms with Crippen molar-refractivity contribution < 1.29 is 0 Å². The van der Waals surface area contributed by atoms with E-state index < -0.39 is 0 Å². The van der Waals surface area contributed by atoms with Gasteiger partial charge in [-0.2, -0.15) is 0 Å². The maximum absolute atomic E-state index is 2.61. The average Bonchev–Trinajstić information content (AvgIpc) is 2.43. The topological polar surface area (TPSA) is 0 Å². The number of hydrogen-bond acceptors (Lipinski definition) is 0. The quantitative estimate of drug-likeness (QED) is 0.533. The Bertz CT molecular complexity index is 178. The molecule has 0 nitrogen and oxygen atoms in total. The van der Waals surface area contributed by atoms with Crippen LogP contribution in [0.1, 0.15) is 90.4 Å². The molecule has 0 aromatic rings. The Morgan fingerprint density at radius 1 is 0.625 bits per heavy atom. The molecule has 0 bridgehead atoms. The summed E-state index contributed by atoms with van der Waals surface area (Å²) in [6.45, 7) is 2.61. The highest BCUT2D eigenvalue weighted by molar-refractivity contribution is 4.85. The Balaban J connectivity index is 1.92. The summed E-state index contributed by atoms with van der Waals surface area (Å²) in [5.74, 6) is 1.06. The minimum atomic E-state index is 0.725. The van der Waals surface area contributed by atoms with Gasteiger partial charge in [-0.25, -0.2) is 0 Å². The Kier molecular flexibility index (Phi) is 4.73. The summed E-state index contributed by atoms with van der Waals surface area (Å²) in [5, 5.41) is 0. The van der Waals surface area contributed by atoms with Crippen molar-refractivity contribution in [1.29, 1.82) is 0 Å². The molecule has 0 N–H and O–H groups in total. The van der Waals surface area contributed by atoms with Crippen LogP contribution in [-0.2, 0) is 0 Å². The van der Waals surface area contributed by atoms with Crippen molar-refractivity contribution >= 4 is 0 Å². The molecule has 2 aliphatic carbocycles. The Labute approximate surface area is 102 Å². The molecule has 2 rings (SSSR count). The van der Waals surface area contributed by atoms with E-state index in [1.807, 2.05) is 0 Å². The maximum Gasteiger partial charge on any atom is -0.0298 e. The zero-order valence-corrected chi connectivity index (χ0v) is 11.3. The second-order valence-electron chi connectivity index (χ2n) is 6.61. The van der Waals surface area contributed by atoms with Crippen LogP contribution < -0.4 is 0 Å². The Hall–Kier alpha value is 0. The zero-order chi connectivity index (χ0) is 11.3. The van der Waals surface area contributed by atoms with Crippen LogP contribution in [0.4, 0.5) is 0 Å². The monoisotopic (exact) mass is 222 g/mol. The van der Waals surface area contributed by atoms with Gasteiger partial charge in [0, 0.05) is 0 Å². The van der Waals surface area contributed by atoms with Gasteiger partial charge in [0.2, 0.25) is 0 Å². The second-order valence-corrected chi connectivity index (χ2v) is 6.61. The first-order valence-electron chi connectivity index (χ1n) is 7.81. The van der Waals surface area contributed by atoms with Crippen LogP contribution >= 0.6 is 0 Å². The largest absolute Gasteiger partial charge is 0.0594 e. The lowest BCUT2D eigenvalue weighted by atomic mass is 9.64. The average molecular weight is 222 g/mol. The van der Waals surface area contributed by atoms with Crippen LogP contribution in [0, 0.1) is 11.3 Å². The van der Waals surface area contributed by atoms with E-state index in [9.17, 15) is 0 Å². The molecule has 0 aliphatic heterocycles. The molecule has 2 saturated carbocycles. The molecule has 0 radical (unpaired) electrons. The van der Waals surface area contributed by atoms with Crippen LogP contribution in [-0.4, -0.2) is 0 Å². The van der Waals surface area contributed by atoms with E-state index in [0.717, 1.165) is 11.3 Å². The molecule has 94 valence electrons. The van der Waals surface area contributed by atoms with Crippen molar-refractivity contribution in [2.75, 3.05) is 0 Å². The van der Waals surface area contributed by atoms with Gasteiger partial charge in [-0.15, -0.1) is 0 Å². The number of hydrogen-bond donors (Lipinski definition) is 0. The van der Waals surface area contributed by atoms with Crippen LogP contribution in [0.15, 0.2) is 0 Å². The second kappa shape index (κ2) is 6.07. The van der Waals surface area contributed by atoms with Crippen LogP contribution in [0.2, 0.25) is 0 Å². The first kappa shape index (κ1) is 12.5. The van der Waals surface area contributed by atoms with E-state index in [0.29, 0.717) is 0 Å². The third-order valence-electron chi connectivity index (χ3n) is 5.34. The molecule has 0 amide bonds. The summed E-state index contributed by atoms with van der Waals surface area (Å²) < 4.78 is 0. The van der Waals surface area contributed by atoms with E-state index in [-0.39, 0.29) is 0 Å². The molecule has 0 saturated heterocycles. The van der Waals surface area contributed by atoms with E-state index in [2.05, 4.69) is 6.92 Å². The molecule has 0 aromatic heterocycles. The van der Waals surface area contributed by atoms with Gasteiger partial charge >= 0.3 is 0 Å². The van der Waals surface area contributed by atoms with Gasteiger partial charge in [-0.3, -0.25) is 0 Å². The molecule has 0 unspecified atom stereocenters. The zero-order valence-electron chi connectivity index (χ0n) is 11.3. The first-order valence-corrected chi connectivity index (χ1v) is 7.81. The van der Waals surface area contributed by atoms with E-state index in [1.165, 1.54) is 83.5 Å². The molecule has 0 aromatic carbocycles. The van der Waals surface area contributed by atoms with Crippen molar-refractivity contribution in [3.05, 3.63) is 0 Å². The van der Waals surface area contributed by atoms with E-state index in [1.54, 1.807) is 0 Å². The highest BCUT2D eigenvalue weighted by Gasteiger charge is 2.34. The van der Waals surface area contributed by atoms with Gasteiger partial charge in [0.1, 0.15) is 0 Å². The van der Waals surface area contributed by atoms with Crippen molar-refractivity contribution in [3.63, 3.8) is 0 Å². The smallest absolute Gasteiger partial charge is 0.0298 e. The lowest BCUT2D eigenvalue weighted by Gasteiger charge is -2.41. The fourth-order valence-electron chi connectivity index (χ4n) is 4.10. The van der Waals surface area contributed by atoms with Gasteiger partial charge in [0.25, 0.3) is 0 Å². The minimum Gasteiger partial charge on any atom is -0.0594 e. The van der Waals surface area contributed by atoms with Gasteiger partial charge in [-0.1, -0.05) is 64.7 Å². The molecular weight excluding hydrogens is 192 g/mol. The maximum atomic E-state index is 2.61. The van der Waals surface area contributed by atoms with Crippen molar-refractivity contribution in [3.8, 4) is 0 Å². The van der Waals surface area contributed by atoms with E-state index in [4.69, 9.17) is 0 Å². The Morgan fingerprint density at radius 3 is 1.62 bits per heavy atom. The molecular formula is C16H30. The van der Waals surface area contributed by atoms with Crippen LogP contribution in [0.5, 0.6) is 0 Å². The molecule has 2 fully saturated rings. The molecule has 16 heavy (non-hydrogen) atoms. The fraction of sp³-hybridized carbons (Fsp3) is 1.00. The van der Waals surface area contributed by atoms with Crippen molar-refractivity contribution in [2.24, 2.45) is 11.3 Å². The lowest BCUT2D eigenvalue weighted by molar-refractivity contribution is 0.101. The normalized spacial score (nSPS) is 29.1. The van der Waals surface area contributed by atoms with Gasteiger partial charge < -0.3 is 0 Å². The van der Waals surface area contributed by atoms with Gasteiger partial charge in [-0.05, 0) is 37.0 Å². The number of rotatable bonds is 1. The summed E-state index contributed by atoms with van der Waals surface area (Å²) in [6, 6.07) is 0. The SMILES string of the molecule is CC1(C2CCCCCCCC2)CCCCC1. The summed E-state index contributed by atoms with van der Waals surface area (Å²) >= 11 is 0. The summed E-state index contributed by atoms with van der Waals surface area (Å²) in [7, 11) is 0. The fourth-order valence-corrected chi connectivity index (χ4v) is 4.10. The van der Waals surface area contributed by atoms with Gasteiger partial charge in [0.05, 0.1) is 0 Å². The predicted molar refractivity (Wildman–Crippen MR) is 71.6 cm³/mol. The third kappa shape index (κ3) is 3.25. The van der Waals surface area contributed by atoms with Gasteiger partial charge in [0.15, 0.2) is 0 Å². The molecule has 0 heterocycles. The van der Waals surface area contributed by atoms with E-state index >= 15 is 0 Å². The summed E-state index contributed by atoms with van der Waals surface area (Å²) in [6.07, 6.45) is 19.7. The summed E-state index contributed by atoms with van der Waals surface area (Å²) in [4.78, 5) is 0. The first-order chi connectivity index (χ1) is 7.81. The van der Waals surface area contributed by atoms with Crippen molar-refractivity contribution in [1.82, 2.24) is 0 Å². The molecule has 2 aliphatic rings. The Morgan fingerprint density at radius 2 is 1.06 bits per heavy atom. The summed E-state index contributed by atoms with van der Waals surface area (Å²) in [5.41, 5.74) is 0.725. The van der Waals surface area contributed by atoms with Crippen LogP contribution in [0.25, 0.3) is 0 Å². The molecule has 0 spiro atoms. The molecule has 0 heteroatoms. The highest BCUT2D eigenvalue weighted by atomic mass is 14.4. The lowest BCUT2D eigenvalue weighted by Crippen LogP contribution is -2.30. The predicted octanol–water partition coefficient (Wildman–Crippen LogP) is 5.71. The third-order valence-corrected chi connectivity index (χ3v) is 5.34.